The van der Waals surface area contributed by atoms with Gasteiger partial charge in [0, 0.05) is 42.5 Å². The van der Waals surface area contributed by atoms with Gasteiger partial charge in [-0.1, -0.05) is 17.5 Å². The number of hydrogen-bond donors (Lipinski definition) is 2. The number of nitrogens with zero attached hydrogens (tertiary/aromatic N) is 5. The molecule has 0 saturated carbocycles. The minimum Gasteiger partial charge on any atom is -0.377 e. The van der Waals surface area contributed by atoms with E-state index in [4.69, 9.17) is 57.5 Å². The van der Waals surface area contributed by atoms with Gasteiger partial charge in [0.25, 0.3) is 5.91 Å². The van der Waals surface area contributed by atoms with Crippen molar-refractivity contribution in [1.29, 1.82) is 0 Å². The number of anilines is 2. The van der Waals surface area contributed by atoms with Gasteiger partial charge in [0.15, 0.2) is 5.65 Å². The van der Waals surface area contributed by atoms with Gasteiger partial charge >= 0.3 is 0 Å². The number of carbonyl (C=O) groups is 1. The number of rotatable bonds is 19. The number of fused-ring (bicyclic) bond motifs is 1. The number of ether oxygens (including phenoxy) is 5. The van der Waals surface area contributed by atoms with Crippen LogP contribution in [0, 0.1) is 19.3 Å². The molecule has 0 unspecified atom stereocenters. The SMILES string of the molecule is C#CCOCCOCCOCCOCCO[C@@H]1CN(c2nc3cc([C@@H]4CCCCN4C(=O)c4cc(Cl)ccc4NS(C)(=O)=O)nn3cc2C)C[C@H]1N. The van der Waals surface area contributed by atoms with Gasteiger partial charge in [0.2, 0.25) is 10.0 Å². The van der Waals surface area contributed by atoms with Gasteiger partial charge in [0.05, 0.1) is 94.2 Å². The first kappa shape index (κ1) is 39.7. The lowest BCUT2D eigenvalue weighted by atomic mass is 9.98. The second-order valence-corrected chi connectivity index (χ2v) is 15.0. The van der Waals surface area contributed by atoms with Crippen LogP contribution in [0.15, 0.2) is 30.5 Å². The number of nitrogens with two attached hydrogens (primary N) is 1. The average Bonchev–Trinajstić information content (AvgIpc) is 3.70. The van der Waals surface area contributed by atoms with Crippen LogP contribution >= 0.6 is 11.6 Å². The number of hydrogen-bond acceptors (Lipinski definition) is 12. The molecule has 2 fully saturated rings. The maximum Gasteiger partial charge on any atom is 0.256 e. The summed E-state index contributed by atoms with van der Waals surface area (Å²) in [4.78, 5) is 22.8. The molecule has 3 aromatic rings. The Hall–Kier alpha value is -3.53. The number of likely N-dealkylation sites (tertiary alicyclic amines) is 1. The summed E-state index contributed by atoms with van der Waals surface area (Å²) in [5, 5.41) is 5.17. The number of aromatic nitrogens is 3. The lowest BCUT2D eigenvalue weighted by Gasteiger charge is -2.35. The Balaban J connectivity index is 1.14. The van der Waals surface area contributed by atoms with Crippen LogP contribution in [0.5, 0.6) is 0 Å². The molecule has 0 radical (unpaired) electrons. The van der Waals surface area contributed by atoms with Crippen molar-refractivity contribution in [2.45, 2.75) is 44.4 Å². The smallest absolute Gasteiger partial charge is 0.256 e. The Labute approximate surface area is 310 Å². The quantitative estimate of drug-likeness (QED) is 0.135. The first-order valence-electron chi connectivity index (χ1n) is 17.4. The van der Waals surface area contributed by atoms with Crippen molar-refractivity contribution in [2.24, 2.45) is 5.73 Å². The van der Waals surface area contributed by atoms with Crippen LogP contribution in [-0.2, 0) is 33.7 Å². The molecule has 284 valence electrons. The molecule has 0 aliphatic carbocycles. The molecular weight excluding hydrogens is 714 g/mol. The van der Waals surface area contributed by atoms with E-state index in [9.17, 15) is 13.2 Å². The van der Waals surface area contributed by atoms with Crippen LogP contribution < -0.4 is 15.4 Å². The maximum absolute atomic E-state index is 13.9. The third kappa shape index (κ3) is 11.0. The Bertz CT molecular complexity index is 1800. The largest absolute Gasteiger partial charge is 0.377 e. The van der Waals surface area contributed by atoms with E-state index in [1.807, 2.05) is 19.2 Å². The Morgan fingerprint density at radius 3 is 2.42 bits per heavy atom. The molecule has 2 aliphatic heterocycles. The zero-order valence-electron chi connectivity index (χ0n) is 29.7. The normalized spacial score (nSPS) is 19.3. The third-order valence-electron chi connectivity index (χ3n) is 8.71. The number of nitrogens with one attached hydrogen (secondary N) is 1. The van der Waals surface area contributed by atoms with Crippen molar-refractivity contribution in [1.82, 2.24) is 19.5 Å². The number of halogens is 1. The number of benzene rings is 1. The van der Waals surface area contributed by atoms with Crippen LogP contribution in [0.4, 0.5) is 11.5 Å². The lowest BCUT2D eigenvalue weighted by molar-refractivity contribution is -0.0204. The van der Waals surface area contributed by atoms with Gasteiger partial charge in [-0.2, -0.15) is 5.10 Å². The first-order valence-corrected chi connectivity index (χ1v) is 19.6. The standard InChI is InChI=1S/C35H48ClN7O8S/c1-4-11-47-12-13-48-14-15-49-16-17-50-18-19-51-32-24-41(23-28(32)37)34-25(2)22-43-33(38-34)21-30(39-43)31-7-5-6-10-42(31)35(44)27-20-26(36)8-9-29(27)40-52(3,45)46/h1,8-9,20-22,28,31-32,40H,5-7,10-19,23-24,37H2,2-3H3/t28-,31+,32-/m1/s1. The van der Waals surface area contributed by atoms with Gasteiger partial charge in [-0.15, -0.1) is 6.42 Å². The van der Waals surface area contributed by atoms with Gasteiger partial charge < -0.3 is 39.2 Å². The number of carbonyl (C=O) groups excluding carboxylic acids is 1. The van der Waals surface area contributed by atoms with Gasteiger partial charge in [-0.05, 0) is 44.4 Å². The summed E-state index contributed by atoms with van der Waals surface area (Å²) >= 11 is 6.25. The van der Waals surface area contributed by atoms with Crippen molar-refractivity contribution in [3.05, 3.63) is 52.3 Å². The van der Waals surface area contributed by atoms with Gasteiger partial charge in [-0.3, -0.25) is 9.52 Å². The number of piperidine rings is 1. The molecule has 0 spiro atoms. The van der Waals surface area contributed by atoms with Crippen LogP contribution in [0.1, 0.15) is 46.9 Å². The third-order valence-corrected chi connectivity index (χ3v) is 9.53. The minimum atomic E-state index is -3.62. The molecule has 3 atom stereocenters. The van der Waals surface area contributed by atoms with Crippen molar-refractivity contribution in [3.63, 3.8) is 0 Å². The number of aryl methyl sites for hydroxylation is 1. The highest BCUT2D eigenvalue weighted by molar-refractivity contribution is 7.92. The summed E-state index contributed by atoms with van der Waals surface area (Å²) in [6, 6.07) is 5.92. The molecule has 0 bridgehead atoms. The van der Waals surface area contributed by atoms with E-state index in [1.54, 1.807) is 15.5 Å². The predicted molar refractivity (Wildman–Crippen MR) is 197 cm³/mol. The highest BCUT2D eigenvalue weighted by Crippen LogP contribution is 2.34. The summed E-state index contributed by atoms with van der Waals surface area (Å²) in [5.41, 5.74) is 9.12. The maximum atomic E-state index is 13.9. The highest BCUT2D eigenvalue weighted by Gasteiger charge is 2.34. The minimum absolute atomic E-state index is 0.180. The molecule has 17 heteroatoms. The summed E-state index contributed by atoms with van der Waals surface area (Å²) in [5.74, 6) is 2.88. The van der Waals surface area contributed by atoms with Gasteiger partial charge in [-0.25, -0.2) is 17.9 Å². The van der Waals surface area contributed by atoms with E-state index in [0.717, 1.165) is 30.5 Å². The lowest BCUT2D eigenvalue weighted by Crippen LogP contribution is -2.39. The van der Waals surface area contributed by atoms with Crippen LogP contribution in [0.25, 0.3) is 5.65 Å². The Kier molecular flexibility index (Phi) is 14.5. The molecule has 2 saturated heterocycles. The summed E-state index contributed by atoms with van der Waals surface area (Å²) in [6.07, 6.45) is 10.3. The van der Waals surface area contributed by atoms with E-state index < -0.39 is 10.0 Å². The molecule has 1 amide bonds. The number of amides is 1. The molecule has 4 heterocycles. The van der Waals surface area contributed by atoms with Crippen molar-refractivity contribution < 1.29 is 36.9 Å². The molecule has 1 aromatic carbocycles. The number of sulfonamides is 1. The zero-order valence-corrected chi connectivity index (χ0v) is 31.2. The van der Waals surface area contributed by atoms with E-state index >= 15 is 0 Å². The summed E-state index contributed by atoms with van der Waals surface area (Å²) in [6.45, 7) is 7.52. The van der Waals surface area contributed by atoms with Crippen molar-refractivity contribution >= 4 is 44.7 Å². The number of terminal acetylenes is 1. The Morgan fingerprint density at radius 1 is 1.04 bits per heavy atom. The fraction of sp³-hybridized carbons (Fsp3) is 0.571. The fourth-order valence-corrected chi connectivity index (χ4v) is 7.07. The molecule has 15 nitrogen and oxygen atoms in total. The molecular formula is C35H48ClN7O8S. The van der Waals surface area contributed by atoms with Crippen LogP contribution in [0.3, 0.4) is 0 Å². The molecule has 52 heavy (non-hydrogen) atoms. The van der Waals surface area contributed by atoms with E-state index in [2.05, 4.69) is 15.5 Å². The van der Waals surface area contributed by atoms with Crippen LogP contribution in [0.2, 0.25) is 5.02 Å². The fourth-order valence-electron chi connectivity index (χ4n) is 6.32. The predicted octanol–water partition coefficient (Wildman–Crippen LogP) is 2.66. The second kappa shape index (κ2) is 19.0. The summed E-state index contributed by atoms with van der Waals surface area (Å²) < 4.78 is 56.0. The zero-order chi connectivity index (χ0) is 37.1. The van der Waals surface area contributed by atoms with Crippen LogP contribution in [-0.4, -0.2) is 131 Å². The van der Waals surface area contributed by atoms with E-state index in [1.165, 1.54) is 12.1 Å². The molecule has 2 aromatic heterocycles. The van der Waals surface area contributed by atoms with Crippen molar-refractivity contribution in [2.75, 3.05) is 95.0 Å². The molecule has 5 rings (SSSR count). The monoisotopic (exact) mass is 761 g/mol. The Morgan fingerprint density at radius 2 is 1.73 bits per heavy atom. The van der Waals surface area contributed by atoms with E-state index in [-0.39, 0.29) is 42.0 Å². The van der Waals surface area contributed by atoms with E-state index in [0.29, 0.717) is 95.3 Å². The summed E-state index contributed by atoms with van der Waals surface area (Å²) in [7, 11) is -3.62. The topological polar surface area (TPSA) is 172 Å². The molecule has 2 aliphatic rings. The highest BCUT2D eigenvalue weighted by atomic mass is 35.5. The van der Waals surface area contributed by atoms with Crippen molar-refractivity contribution in [3.8, 4) is 12.3 Å². The van der Waals surface area contributed by atoms with Gasteiger partial charge in [0.1, 0.15) is 12.4 Å². The molecule has 3 N–H and O–H groups in total. The first-order chi connectivity index (χ1) is 25.0. The second-order valence-electron chi connectivity index (χ2n) is 12.8. The average molecular weight is 762 g/mol.